The van der Waals surface area contributed by atoms with Gasteiger partial charge < -0.3 is 0 Å². The second-order valence-corrected chi connectivity index (χ2v) is 1.35. The first kappa shape index (κ1) is 4.43. The van der Waals surface area contributed by atoms with E-state index in [2.05, 4.69) is 10.3 Å². The molecule has 0 aromatic rings. The zero-order valence-electron chi connectivity index (χ0n) is 4.33. The summed E-state index contributed by atoms with van der Waals surface area (Å²) in [6.45, 7) is 3.73. The van der Waals surface area contributed by atoms with Crippen molar-refractivity contribution < 1.29 is 4.68 Å². The van der Waals surface area contributed by atoms with Gasteiger partial charge in [-0.2, -0.15) is 0 Å². The maximum absolute atomic E-state index is 3.76. The number of hydrogen-bond donors (Lipinski definition) is 0. The van der Waals surface area contributed by atoms with Crippen LogP contribution in [0.2, 0.25) is 0 Å². The van der Waals surface area contributed by atoms with E-state index in [1.54, 1.807) is 0 Å². The molecule has 0 radical (unpaired) electrons. The van der Waals surface area contributed by atoms with E-state index in [1.807, 2.05) is 17.8 Å². The van der Waals surface area contributed by atoms with Crippen LogP contribution in [0.15, 0.2) is 10.3 Å². The lowest BCUT2D eigenvalue weighted by Crippen LogP contribution is -1.99. The minimum Gasteiger partial charge on any atom is -0.138 e. The predicted molar refractivity (Wildman–Crippen MR) is 26.6 cm³/mol. The molecule has 0 atom stereocenters. The summed E-state index contributed by atoms with van der Waals surface area (Å²) in [5.74, 6) is 0. The Morgan fingerprint density at radius 1 is 1.86 bits per heavy atom. The largest absolute Gasteiger partial charge is 0.212 e. The van der Waals surface area contributed by atoms with Gasteiger partial charge in [0.05, 0.1) is 0 Å². The lowest BCUT2D eigenvalue weighted by Gasteiger charge is -1.78. The Kier molecular flexibility index (Phi) is 1.15. The fourth-order valence-electron chi connectivity index (χ4n) is 0.477. The van der Waals surface area contributed by atoms with Gasteiger partial charge in [-0.05, 0) is 6.92 Å². The van der Waals surface area contributed by atoms with Crippen molar-refractivity contribution in [3.63, 3.8) is 0 Å². The van der Waals surface area contributed by atoms with Gasteiger partial charge in [-0.3, -0.25) is 0 Å². The highest BCUT2D eigenvalue weighted by molar-refractivity contribution is 5.54. The quantitative estimate of drug-likeness (QED) is 0.426. The van der Waals surface area contributed by atoms with E-state index < -0.39 is 0 Å². The van der Waals surface area contributed by atoms with E-state index in [1.165, 1.54) is 0 Å². The fraction of sp³-hybridized carbons (Fsp3) is 0.750. The zero-order valence-corrected chi connectivity index (χ0v) is 4.33. The van der Waals surface area contributed by atoms with Crippen molar-refractivity contribution in [1.82, 2.24) is 0 Å². The Bertz CT molecular complexity index is 114. The summed E-state index contributed by atoms with van der Waals surface area (Å²) in [5.41, 5.74) is 0. The first-order valence-electron chi connectivity index (χ1n) is 2.41. The van der Waals surface area contributed by atoms with Crippen molar-refractivity contribution in [1.29, 1.82) is 0 Å². The standard InChI is InChI=1S/C4H8N3/c1-2-7-4-3-5-6-7/h4H,2-3H2,1H3/q+1. The van der Waals surface area contributed by atoms with Crippen molar-refractivity contribution in [2.24, 2.45) is 10.3 Å². The number of hydrogen-bond acceptors (Lipinski definition) is 2. The highest BCUT2D eigenvalue weighted by Gasteiger charge is 2.01. The van der Waals surface area contributed by atoms with Crippen LogP contribution in [0.5, 0.6) is 0 Å². The van der Waals surface area contributed by atoms with Crippen molar-refractivity contribution in [3.8, 4) is 0 Å². The van der Waals surface area contributed by atoms with Crippen LogP contribution in [0.1, 0.15) is 6.92 Å². The molecule has 0 fully saturated rings. The summed E-state index contributed by atoms with van der Waals surface area (Å²) >= 11 is 0. The van der Waals surface area contributed by atoms with Crippen LogP contribution >= 0.6 is 0 Å². The molecule has 0 amide bonds. The molecule has 7 heavy (non-hydrogen) atoms. The smallest absolute Gasteiger partial charge is 0.138 e. The molecule has 1 heterocycles. The normalized spacial score (nSPS) is 17.6. The lowest BCUT2D eigenvalue weighted by molar-refractivity contribution is -0.528. The van der Waals surface area contributed by atoms with E-state index in [9.17, 15) is 0 Å². The van der Waals surface area contributed by atoms with Crippen LogP contribution < -0.4 is 0 Å². The van der Waals surface area contributed by atoms with Gasteiger partial charge in [-0.1, -0.05) is 0 Å². The Morgan fingerprint density at radius 2 is 2.71 bits per heavy atom. The molecule has 1 rings (SSSR count). The van der Waals surface area contributed by atoms with Gasteiger partial charge in [0.1, 0.15) is 18.0 Å². The summed E-state index contributed by atoms with van der Waals surface area (Å²) in [5, 5.41) is 7.49. The molecule has 1 aliphatic rings. The molecule has 0 saturated carbocycles. The van der Waals surface area contributed by atoms with Gasteiger partial charge in [-0.15, -0.1) is 4.68 Å². The average Bonchev–Trinajstić information content (AvgIpc) is 2.14. The molecule has 3 heteroatoms. The third-order valence-corrected chi connectivity index (χ3v) is 0.876. The van der Waals surface area contributed by atoms with Gasteiger partial charge >= 0.3 is 0 Å². The van der Waals surface area contributed by atoms with Crippen molar-refractivity contribution in [2.45, 2.75) is 6.92 Å². The van der Waals surface area contributed by atoms with E-state index in [0.717, 1.165) is 13.1 Å². The van der Waals surface area contributed by atoms with Crippen molar-refractivity contribution in [2.75, 3.05) is 13.1 Å². The van der Waals surface area contributed by atoms with Crippen LogP contribution in [0.4, 0.5) is 0 Å². The summed E-state index contributed by atoms with van der Waals surface area (Å²) in [6.07, 6.45) is 1.96. The molecular weight excluding hydrogens is 90.1 g/mol. The van der Waals surface area contributed by atoms with E-state index >= 15 is 0 Å². The summed E-state index contributed by atoms with van der Waals surface area (Å²) in [6, 6.07) is 0. The van der Waals surface area contributed by atoms with Gasteiger partial charge in [0, 0.05) is 5.11 Å². The Labute approximate surface area is 42.4 Å². The second-order valence-electron chi connectivity index (χ2n) is 1.35. The molecular formula is C4H8N3+. The molecule has 0 aromatic carbocycles. The molecule has 0 aromatic heterocycles. The fourth-order valence-corrected chi connectivity index (χ4v) is 0.477. The van der Waals surface area contributed by atoms with Crippen LogP contribution in [0.3, 0.4) is 0 Å². The van der Waals surface area contributed by atoms with Gasteiger partial charge in [-0.25, -0.2) is 0 Å². The number of nitrogens with zero attached hydrogens (tertiary/aromatic N) is 3. The summed E-state index contributed by atoms with van der Waals surface area (Å²) in [4.78, 5) is 0. The average molecular weight is 98.1 g/mol. The van der Waals surface area contributed by atoms with E-state index in [4.69, 9.17) is 0 Å². The molecule has 1 aliphatic heterocycles. The molecule has 38 valence electrons. The van der Waals surface area contributed by atoms with Crippen LogP contribution in [-0.4, -0.2) is 24.0 Å². The zero-order chi connectivity index (χ0) is 5.11. The molecule has 0 N–H and O–H groups in total. The summed E-state index contributed by atoms with van der Waals surface area (Å²) < 4.78 is 1.82. The Balaban J connectivity index is 2.52. The second kappa shape index (κ2) is 1.82. The molecule has 0 aliphatic carbocycles. The van der Waals surface area contributed by atoms with Crippen molar-refractivity contribution >= 4 is 6.21 Å². The highest BCUT2D eigenvalue weighted by Crippen LogP contribution is 1.84. The van der Waals surface area contributed by atoms with Gasteiger partial charge in [0.25, 0.3) is 0 Å². The third kappa shape index (κ3) is 0.824. The Morgan fingerprint density at radius 3 is 3.00 bits per heavy atom. The third-order valence-electron chi connectivity index (χ3n) is 0.876. The molecule has 0 unspecified atom stereocenters. The maximum Gasteiger partial charge on any atom is 0.212 e. The van der Waals surface area contributed by atoms with Gasteiger partial charge in [0.2, 0.25) is 6.54 Å². The van der Waals surface area contributed by atoms with Crippen LogP contribution in [0, 0.1) is 0 Å². The predicted octanol–water partition coefficient (Wildman–Crippen LogP) is 0.470. The molecule has 0 saturated heterocycles. The van der Waals surface area contributed by atoms with Gasteiger partial charge in [0.15, 0.2) is 0 Å². The topological polar surface area (TPSA) is 27.7 Å². The monoisotopic (exact) mass is 98.1 g/mol. The minimum absolute atomic E-state index is 0.758. The molecule has 0 spiro atoms. The van der Waals surface area contributed by atoms with Crippen molar-refractivity contribution in [3.05, 3.63) is 0 Å². The highest BCUT2D eigenvalue weighted by atomic mass is 15.5. The first-order valence-corrected chi connectivity index (χ1v) is 2.41. The summed E-state index contributed by atoms with van der Waals surface area (Å²) in [7, 11) is 0. The van der Waals surface area contributed by atoms with E-state index in [-0.39, 0.29) is 0 Å². The molecule has 0 bridgehead atoms. The SMILES string of the molecule is CC[N+]1=CCN=N1. The minimum atomic E-state index is 0.758. The number of rotatable bonds is 1. The van der Waals surface area contributed by atoms with Crippen LogP contribution in [-0.2, 0) is 0 Å². The van der Waals surface area contributed by atoms with Crippen LogP contribution in [0.25, 0.3) is 0 Å². The van der Waals surface area contributed by atoms with E-state index in [0.29, 0.717) is 0 Å². The first-order chi connectivity index (χ1) is 3.43. The lowest BCUT2D eigenvalue weighted by atomic mass is 10.7. The Hall–Kier alpha value is -0.730. The molecule has 3 nitrogen and oxygen atoms in total. The maximum atomic E-state index is 3.76.